The van der Waals surface area contributed by atoms with Crippen LogP contribution in [0, 0.1) is 0 Å². The summed E-state index contributed by atoms with van der Waals surface area (Å²) in [6.45, 7) is 1.66. The van der Waals surface area contributed by atoms with E-state index >= 15 is 0 Å². The molecule has 0 saturated carbocycles. The topological polar surface area (TPSA) is 133 Å². The van der Waals surface area contributed by atoms with Gasteiger partial charge in [0.15, 0.2) is 5.16 Å². The molecule has 0 bridgehead atoms. The number of hydrogen-bond donors (Lipinski definition) is 3. The monoisotopic (exact) mass is 471 g/mol. The van der Waals surface area contributed by atoms with Gasteiger partial charge in [-0.1, -0.05) is 42.1 Å². The number of benzene rings is 1. The minimum absolute atomic E-state index is 0.225. The summed E-state index contributed by atoms with van der Waals surface area (Å²) >= 11 is 3.61. The number of fused-ring (bicyclic) bond motifs is 1. The van der Waals surface area contributed by atoms with Crippen LogP contribution in [0.1, 0.15) is 17.3 Å². The Morgan fingerprint density at radius 1 is 1.19 bits per heavy atom. The van der Waals surface area contributed by atoms with Crippen molar-refractivity contribution in [1.82, 2.24) is 9.66 Å². The standard InChI is InChI=1S/C20H17N5O3S3/c1-10(16(27)23-17-12(15(21)26)7-8-29-17)31-20-24-18-14(19(28)25(20)22)13(9-30-18)11-5-3-2-4-6-11/h2-10H,22H2,1H3,(H2,21,26)(H,23,27). The number of anilines is 1. The van der Waals surface area contributed by atoms with Crippen molar-refractivity contribution in [2.24, 2.45) is 5.73 Å². The maximum absolute atomic E-state index is 13.0. The largest absolute Gasteiger partial charge is 0.366 e. The van der Waals surface area contributed by atoms with E-state index in [2.05, 4.69) is 10.3 Å². The number of nitrogens with two attached hydrogens (primary N) is 2. The van der Waals surface area contributed by atoms with E-state index < -0.39 is 11.2 Å². The molecule has 4 aromatic rings. The Morgan fingerprint density at radius 3 is 2.65 bits per heavy atom. The second kappa shape index (κ2) is 8.53. The highest BCUT2D eigenvalue weighted by molar-refractivity contribution is 8.00. The number of carbonyl (C=O) groups excluding carboxylic acids is 2. The van der Waals surface area contributed by atoms with Crippen molar-refractivity contribution in [3.8, 4) is 11.1 Å². The highest BCUT2D eigenvalue weighted by Gasteiger charge is 2.22. The molecule has 0 fully saturated rings. The minimum atomic E-state index is -0.629. The van der Waals surface area contributed by atoms with E-state index in [0.717, 1.165) is 27.6 Å². The summed E-state index contributed by atoms with van der Waals surface area (Å²) in [7, 11) is 0. The molecule has 3 aromatic heterocycles. The molecule has 1 aromatic carbocycles. The van der Waals surface area contributed by atoms with Gasteiger partial charge in [-0.3, -0.25) is 14.4 Å². The molecule has 5 N–H and O–H groups in total. The van der Waals surface area contributed by atoms with E-state index in [1.807, 2.05) is 35.7 Å². The number of rotatable bonds is 6. The Bertz CT molecular complexity index is 1340. The van der Waals surface area contributed by atoms with Gasteiger partial charge in [-0.05, 0) is 23.9 Å². The summed E-state index contributed by atoms with van der Waals surface area (Å²) in [5, 5.41) is 6.66. The van der Waals surface area contributed by atoms with Crippen molar-refractivity contribution in [1.29, 1.82) is 0 Å². The Labute approximate surface area is 188 Å². The van der Waals surface area contributed by atoms with E-state index in [-0.39, 0.29) is 22.2 Å². The lowest BCUT2D eigenvalue weighted by atomic mass is 10.1. The number of primary amides is 1. The molecule has 1 unspecified atom stereocenters. The first-order valence-electron chi connectivity index (χ1n) is 9.06. The Kier molecular flexibility index (Phi) is 5.81. The van der Waals surface area contributed by atoms with Crippen molar-refractivity contribution < 1.29 is 9.59 Å². The molecular formula is C20H17N5O3S3. The second-order valence-electron chi connectivity index (χ2n) is 6.54. The number of thiophene rings is 2. The number of amides is 2. The SMILES string of the molecule is CC(Sc1nc2scc(-c3ccccc3)c2c(=O)n1N)C(=O)Nc1sccc1C(N)=O. The average Bonchev–Trinajstić information content (AvgIpc) is 3.39. The average molecular weight is 472 g/mol. The molecule has 0 aliphatic rings. The molecule has 3 heterocycles. The molecule has 0 aliphatic carbocycles. The fourth-order valence-electron chi connectivity index (χ4n) is 2.92. The maximum atomic E-state index is 13.0. The number of hydrogen-bond acceptors (Lipinski definition) is 8. The normalized spacial score (nSPS) is 12.0. The molecular weight excluding hydrogens is 454 g/mol. The Morgan fingerprint density at radius 2 is 1.94 bits per heavy atom. The number of aromatic nitrogens is 2. The number of nitrogens with zero attached hydrogens (tertiary/aromatic N) is 2. The second-order valence-corrected chi connectivity index (χ2v) is 9.62. The molecule has 158 valence electrons. The zero-order chi connectivity index (χ0) is 22.1. The molecule has 2 amide bonds. The first kappa shape index (κ1) is 21.1. The van der Waals surface area contributed by atoms with Crippen LogP contribution in [0.25, 0.3) is 21.3 Å². The lowest BCUT2D eigenvalue weighted by molar-refractivity contribution is -0.115. The van der Waals surface area contributed by atoms with Gasteiger partial charge >= 0.3 is 0 Å². The number of carbonyl (C=O) groups is 2. The zero-order valence-electron chi connectivity index (χ0n) is 16.2. The van der Waals surface area contributed by atoms with Gasteiger partial charge in [-0.25, -0.2) is 9.66 Å². The van der Waals surface area contributed by atoms with Crippen molar-refractivity contribution in [2.45, 2.75) is 17.3 Å². The number of nitrogens with one attached hydrogen (secondary N) is 1. The van der Waals surface area contributed by atoms with Gasteiger partial charge in [0.05, 0.1) is 16.2 Å². The minimum Gasteiger partial charge on any atom is -0.366 e. The molecule has 31 heavy (non-hydrogen) atoms. The predicted molar refractivity (Wildman–Crippen MR) is 126 cm³/mol. The van der Waals surface area contributed by atoms with Crippen LogP contribution in [-0.4, -0.2) is 26.7 Å². The van der Waals surface area contributed by atoms with E-state index in [1.54, 1.807) is 18.4 Å². The van der Waals surface area contributed by atoms with E-state index in [1.165, 1.54) is 22.7 Å². The fraction of sp³-hybridized carbons (Fsp3) is 0.100. The molecule has 8 nitrogen and oxygen atoms in total. The third-order valence-corrected chi connectivity index (χ3v) is 7.28. The van der Waals surface area contributed by atoms with Gasteiger partial charge in [0.2, 0.25) is 5.91 Å². The van der Waals surface area contributed by atoms with E-state index in [0.29, 0.717) is 15.2 Å². The first-order valence-corrected chi connectivity index (χ1v) is 11.7. The summed E-state index contributed by atoms with van der Waals surface area (Å²) in [5.41, 5.74) is 6.86. The van der Waals surface area contributed by atoms with Crippen LogP contribution in [-0.2, 0) is 4.79 Å². The maximum Gasteiger partial charge on any atom is 0.282 e. The van der Waals surface area contributed by atoms with Gasteiger partial charge in [0.25, 0.3) is 11.5 Å². The summed E-state index contributed by atoms with van der Waals surface area (Å²) in [4.78, 5) is 42.1. The molecule has 11 heteroatoms. The lowest BCUT2D eigenvalue weighted by Gasteiger charge is -2.13. The quantitative estimate of drug-likeness (QED) is 0.225. The molecule has 0 aliphatic heterocycles. The van der Waals surface area contributed by atoms with Crippen LogP contribution in [0.3, 0.4) is 0 Å². The summed E-state index contributed by atoms with van der Waals surface area (Å²) < 4.78 is 0.968. The third kappa shape index (κ3) is 4.07. The lowest BCUT2D eigenvalue weighted by Crippen LogP contribution is -2.31. The molecule has 4 rings (SSSR count). The molecule has 1 atom stereocenters. The van der Waals surface area contributed by atoms with Gasteiger partial charge in [-0.2, -0.15) is 0 Å². The number of thioether (sulfide) groups is 1. The van der Waals surface area contributed by atoms with Crippen LogP contribution in [0.15, 0.2) is 57.1 Å². The summed E-state index contributed by atoms with van der Waals surface area (Å²) in [6, 6.07) is 11.1. The summed E-state index contributed by atoms with van der Waals surface area (Å²) in [5.74, 6) is 5.06. The number of nitrogen functional groups attached to an aromatic ring is 1. The van der Waals surface area contributed by atoms with Crippen LogP contribution in [0.4, 0.5) is 5.00 Å². The van der Waals surface area contributed by atoms with Crippen LogP contribution in [0.2, 0.25) is 0 Å². The van der Waals surface area contributed by atoms with Crippen LogP contribution < -0.4 is 22.5 Å². The Hall–Kier alpha value is -3.15. The highest BCUT2D eigenvalue weighted by Crippen LogP contribution is 2.32. The van der Waals surface area contributed by atoms with E-state index in [9.17, 15) is 14.4 Å². The summed E-state index contributed by atoms with van der Waals surface area (Å²) in [6.07, 6.45) is 0. The Balaban J connectivity index is 1.61. The zero-order valence-corrected chi connectivity index (χ0v) is 18.6. The van der Waals surface area contributed by atoms with Gasteiger partial charge in [0, 0.05) is 10.9 Å². The van der Waals surface area contributed by atoms with Crippen LogP contribution in [0.5, 0.6) is 0 Å². The van der Waals surface area contributed by atoms with Crippen molar-refractivity contribution in [2.75, 3.05) is 11.2 Å². The van der Waals surface area contributed by atoms with Crippen molar-refractivity contribution in [3.05, 3.63) is 63.1 Å². The highest BCUT2D eigenvalue weighted by atomic mass is 32.2. The molecule has 0 saturated heterocycles. The smallest absolute Gasteiger partial charge is 0.282 e. The molecule has 0 radical (unpaired) electrons. The van der Waals surface area contributed by atoms with Gasteiger partial charge in [-0.15, -0.1) is 22.7 Å². The van der Waals surface area contributed by atoms with Crippen molar-refractivity contribution in [3.63, 3.8) is 0 Å². The van der Waals surface area contributed by atoms with Gasteiger partial charge in [0.1, 0.15) is 9.83 Å². The fourth-order valence-corrected chi connectivity index (χ4v) is 5.54. The first-order chi connectivity index (χ1) is 14.9. The van der Waals surface area contributed by atoms with Crippen molar-refractivity contribution >= 4 is 61.5 Å². The predicted octanol–water partition coefficient (Wildman–Crippen LogP) is 3.12. The van der Waals surface area contributed by atoms with E-state index in [4.69, 9.17) is 11.6 Å². The van der Waals surface area contributed by atoms with Crippen LogP contribution >= 0.6 is 34.4 Å². The molecule has 0 spiro atoms. The van der Waals surface area contributed by atoms with Gasteiger partial charge < -0.3 is 16.9 Å². The third-order valence-electron chi connectivity index (χ3n) is 4.51.